The molecule has 0 saturated carbocycles. The van der Waals surface area contributed by atoms with E-state index in [0.29, 0.717) is 11.5 Å². The molecular weight excluding hydrogens is 419 g/mol. The zero-order chi connectivity index (χ0) is 14.0. The average Bonchev–Trinajstić information content (AvgIpc) is 2.26. The van der Waals surface area contributed by atoms with E-state index in [1.165, 1.54) is 12.1 Å². The lowest BCUT2D eigenvalue weighted by molar-refractivity contribution is 0.481. The predicted octanol–water partition coefficient (Wildman–Crippen LogP) is 4.93. The second kappa shape index (κ2) is 5.83. The molecule has 0 radical (unpaired) electrons. The van der Waals surface area contributed by atoms with E-state index in [0.717, 1.165) is 8.95 Å². The van der Waals surface area contributed by atoms with Gasteiger partial charge in [0.15, 0.2) is 0 Å². The maximum Gasteiger partial charge on any atom is 0.261 e. The van der Waals surface area contributed by atoms with Crippen molar-refractivity contribution in [3.63, 3.8) is 0 Å². The standard InChI is InChI=1S/C12H7Br2ClO3S/c13-8-5-9(14)7-11(6-8)18-10-1-3-12(4-2-10)19(15,16)17/h1-7H. The van der Waals surface area contributed by atoms with E-state index in [1.54, 1.807) is 24.3 Å². The first-order valence-electron chi connectivity index (χ1n) is 5.03. The lowest BCUT2D eigenvalue weighted by Gasteiger charge is -2.07. The zero-order valence-corrected chi connectivity index (χ0v) is 14.1. The van der Waals surface area contributed by atoms with Gasteiger partial charge in [-0.25, -0.2) is 8.42 Å². The van der Waals surface area contributed by atoms with Gasteiger partial charge in [-0.3, -0.25) is 0 Å². The Balaban J connectivity index is 2.24. The fraction of sp³-hybridized carbons (Fsp3) is 0. The van der Waals surface area contributed by atoms with Crippen molar-refractivity contribution >= 4 is 51.6 Å². The van der Waals surface area contributed by atoms with E-state index in [4.69, 9.17) is 15.4 Å². The second-order valence-electron chi connectivity index (χ2n) is 3.62. The summed E-state index contributed by atoms with van der Waals surface area (Å²) in [5.41, 5.74) is 0. The summed E-state index contributed by atoms with van der Waals surface area (Å²) in [7, 11) is 1.53. The van der Waals surface area contributed by atoms with Crippen LogP contribution in [0.5, 0.6) is 11.5 Å². The van der Waals surface area contributed by atoms with E-state index in [2.05, 4.69) is 31.9 Å². The highest BCUT2D eigenvalue weighted by Crippen LogP contribution is 2.29. The molecule has 0 saturated heterocycles. The molecule has 0 atom stereocenters. The molecule has 0 heterocycles. The lowest BCUT2D eigenvalue weighted by atomic mass is 10.3. The lowest BCUT2D eigenvalue weighted by Crippen LogP contribution is -1.90. The van der Waals surface area contributed by atoms with Crippen molar-refractivity contribution in [1.82, 2.24) is 0 Å². The summed E-state index contributed by atoms with van der Waals surface area (Å²) in [6.45, 7) is 0. The molecule has 0 aliphatic heterocycles. The molecule has 7 heteroatoms. The Hall–Kier alpha value is -0.560. The van der Waals surface area contributed by atoms with Gasteiger partial charge in [0.25, 0.3) is 9.05 Å². The molecule has 0 bridgehead atoms. The van der Waals surface area contributed by atoms with Crippen LogP contribution < -0.4 is 4.74 Å². The van der Waals surface area contributed by atoms with E-state index in [9.17, 15) is 8.42 Å². The molecule has 0 aliphatic rings. The van der Waals surface area contributed by atoms with Gasteiger partial charge in [0.2, 0.25) is 0 Å². The SMILES string of the molecule is O=S(=O)(Cl)c1ccc(Oc2cc(Br)cc(Br)c2)cc1. The Morgan fingerprint density at radius 1 is 0.895 bits per heavy atom. The average molecular weight is 427 g/mol. The molecule has 2 aromatic rings. The van der Waals surface area contributed by atoms with Crippen LogP contribution in [0.25, 0.3) is 0 Å². The number of benzene rings is 2. The molecular formula is C12H7Br2ClO3S. The Bertz CT molecular complexity index is 679. The molecule has 0 aliphatic carbocycles. The normalized spacial score (nSPS) is 11.3. The van der Waals surface area contributed by atoms with Crippen LogP contribution >= 0.6 is 42.5 Å². The first kappa shape index (κ1) is 14.8. The van der Waals surface area contributed by atoms with Crippen LogP contribution in [0.15, 0.2) is 56.3 Å². The third-order valence-electron chi connectivity index (χ3n) is 2.18. The van der Waals surface area contributed by atoms with Crippen LogP contribution in [0.3, 0.4) is 0 Å². The van der Waals surface area contributed by atoms with Crippen LogP contribution in [0, 0.1) is 0 Å². The van der Waals surface area contributed by atoms with Gasteiger partial charge in [-0.2, -0.15) is 0 Å². The number of hydrogen-bond donors (Lipinski definition) is 0. The molecule has 0 aromatic heterocycles. The van der Waals surface area contributed by atoms with Crippen molar-refractivity contribution in [2.75, 3.05) is 0 Å². The molecule has 0 fully saturated rings. The zero-order valence-electron chi connectivity index (χ0n) is 9.31. The predicted molar refractivity (Wildman–Crippen MR) is 81.4 cm³/mol. The number of halogens is 3. The molecule has 2 aromatic carbocycles. The first-order chi connectivity index (χ1) is 8.84. The van der Waals surface area contributed by atoms with Gasteiger partial charge in [0.1, 0.15) is 11.5 Å². The smallest absolute Gasteiger partial charge is 0.261 e. The summed E-state index contributed by atoms with van der Waals surface area (Å²) < 4.78 is 29.6. The van der Waals surface area contributed by atoms with Crippen molar-refractivity contribution in [3.05, 3.63) is 51.4 Å². The minimum atomic E-state index is -3.70. The molecule has 0 unspecified atom stereocenters. The minimum absolute atomic E-state index is 0.0388. The van der Waals surface area contributed by atoms with Crippen LogP contribution in [-0.2, 0) is 9.05 Å². The van der Waals surface area contributed by atoms with Crippen molar-refractivity contribution < 1.29 is 13.2 Å². The summed E-state index contributed by atoms with van der Waals surface area (Å²) >= 11 is 6.71. The van der Waals surface area contributed by atoms with E-state index >= 15 is 0 Å². The highest BCUT2D eigenvalue weighted by atomic mass is 79.9. The molecule has 19 heavy (non-hydrogen) atoms. The fourth-order valence-electron chi connectivity index (χ4n) is 1.39. The molecule has 100 valence electrons. The fourth-order valence-corrected chi connectivity index (χ4v) is 3.42. The first-order valence-corrected chi connectivity index (χ1v) is 8.93. The van der Waals surface area contributed by atoms with Gasteiger partial charge in [0.05, 0.1) is 4.90 Å². The number of rotatable bonds is 3. The van der Waals surface area contributed by atoms with Crippen molar-refractivity contribution in [2.45, 2.75) is 4.90 Å². The van der Waals surface area contributed by atoms with E-state index in [-0.39, 0.29) is 4.90 Å². The summed E-state index contributed by atoms with van der Waals surface area (Å²) in [6, 6.07) is 11.4. The van der Waals surface area contributed by atoms with Gasteiger partial charge < -0.3 is 4.74 Å². The largest absolute Gasteiger partial charge is 0.457 e. The van der Waals surface area contributed by atoms with Crippen LogP contribution in [-0.4, -0.2) is 8.42 Å². The van der Waals surface area contributed by atoms with Gasteiger partial charge in [0, 0.05) is 19.6 Å². The summed E-state index contributed by atoms with van der Waals surface area (Å²) in [5, 5.41) is 0. The van der Waals surface area contributed by atoms with Crippen molar-refractivity contribution in [2.24, 2.45) is 0 Å². The molecule has 2 rings (SSSR count). The Morgan fingerprint density at radius 2 is 1.42 bits per heavy atom. The highest BCUT2D eigenvalue weighted by Gasteiger charge is 2.09. The summed E-state index contributed by atoms with van der Waals surface area (Å²) in [4.78, 5) is 0.0388. The van der Waals surface area contributed by atoms with Gasteiger partial charge in [-0.15, -0.1) is 0 Å². The topological polar surface area (TPSA) is 43.4 Å². The molecule has 0 N–H and O–H groups in total. The Morgan fingerprint density at radius 3 is 1.89 bits per heavy atom. The molecule has 0 amide bonds. The summed E-state index contributed by atoms with van der Waals surface area (Å²) in [6.07, 6.45) is 0. The maximum atomic E-state index is 11.1. The third kappa shape index (κ3) is 4.21. The van der Waals surface area contributed by atoms with Crippen LogP contribution in [0.2, 0.25) is 0 Å². The number of ether oxygens (including phenoxy) is 1. The van der Waals surface area contributed by atoms with Crippen molar-refractivity contribution in [1.29, 1.82) is 0 Å². The number of hydrogen-bond acceptors (Lipinski definition) is 3. The van der Waals surface area contributed by atoms with Crippen LogP contribution in [0.4, 0.5) is 0 Å². The quantitative estimate of drug-likeness (QED) is 0.654. The highest BCUT2D eigenvalue weighted by molar-refractivity contribution is 9.11. The van der Waals surface area contributed by atoms with Gasteiger partial charge in [-0.1, -0.05) is 31.9 Å². The maximum absolute atomic E-state index is 11.1. The van der Waals surface area contributed by atoms with Gasteiger partial charge in [-0.05, 0) is 42.5 Å². The Labute approximate surface area is 132 Å². The van der Waals surface area contributed by atoms with Gasteiger partial charge >= 0.3 is 0 Å². The summed E-state index contributed by atoms with van der Waals surface area (Å²) in [5.74, 6) is 1.15. The molecule has 3 nitrogen and oxygen atoms in total. The van der Waals surface area contributed by atoms with E-state index < -0.39 is 9.05 Å². The van der Waals surface area contributed by atoms with Crippen molar-refractivity contribution in [3.8, 4) is 11.5 Å². The van der Waals surface area contributed by atoms with E-state index in [1.807, 2.05) is 6.07 Å². The van der Waals surface area contributed by atoms with Crippen LogP contribution in [0.1, 0.15) is 0 Å². The monoisotopic (exact) mass is 424 g/mol. The molecule has 0 spiro atoms. The Kier molecular flexibility index (Phi) is 4.55. The second-order valence-corrected chi connectivity index (χ2v) is 8.01. The third-order valence-corrected chi connectivity index (χ3v) is 4.46. The minimum Gasteiger partial charge on any atom is -0.457 e.